The van der Waals surface area contributed by atoms with Crippen molar-refractivity contribution >= 4 is 40.9 Å². The summed E-state index contributed by atoms with van der Waals surface area (Å²) in [5.41, 5.74) is 2.00. The summed E-state index contributed by atoms with van der Waals surface area (Å²) in [6.45, 7) is 3.47. The van der Waals surface area contributed by atoms with E-state index in [0.29, 0.717) is 34.1 Å². The fourth-order valence-electron chi connectivity index (χ4n) is 3.78. The Morgan fingerprint density at radius 3 is 2.42 bits per heavy atom. The SMILES string of the molecule is CN1CCN(c2nc(Nc3cc(C(=O)Nc4ccccc4)ccn3)nc(-c3ccc(Cl)cc3)n2)CC1. The van der Waals surface area contributed by atoms with E-state index in [0.717, 1.165) is 37.4 Å². The van der Waals surface area contributed by atoms with E-state index in [1.54, 1.807) is 30.5 Å². The fraction of sp³-hybridized carbons (Fsp3) is 0.192. The molecule has 1 amide bonds. The lowest BCUT2D eigenvalue weighted by atomic mass is 10.2. The van der Waals surface area contributed by atoms with Gasteiger partial charge in [-0.25, -0.2) is 4.98 Å². The lowest BCUT2D eigenvalue weighted by Gasteiger charge is -2.32. The summed E-state index contributed by atoms with van der Waals surface area (Å²) >= 11 is 6.08. The van der Waals surface area contributed by atoms with Crippen LogP contribution < -0.4 is 15.5 Å². The molecule has 1 aliphatic rings. The van der Waals surface area contributed by atoms with Gasteiger partial charge in [0.25, 0.3) is 5.91 Å². The molecular weight excluding hydrogens is 476 g/mol. The van der Waals surface area contributed by atoms with Gasteiger partial charge in [-0.15, -0.1) is 0 Å². The van der Waals surface area contributed by atoms with Crippen LogP contribution >= 0.6 is 11.6 Å². The number of benzene rings is 2. The second-order valence-corrected chi connectivity index (χ2v) is 8.89. The second-order valence-electron chi connectivity index (χ2n) is 8.45. The van der Waals surface area contributed by atoms with Crippen molar-refractivity contribution in [2.75, 3.05) is 48.8 Å². The second kappa shape index (κ2) is 10.7. The molecule has 5 rings (SSSR count). The summed E-state index contributed by atoms with van der Waals surface area (Å²) in [7, 11) is 2.10. The minimum atomic E-state index is -0.234. The predicted molar refractivity (Wildman–Crippen MR) is 142 cm³/mol. The van der Waals surface area contributed by atoms with Crippen molar-refractivity contribution in [1.82, 2.24) is 24.8 Å². The average molecular weight is 501 g/mol. The summed E-state index contributed by atoms with van der Waals surface area (Å²) < 4.78 is 0. The maximum absolute atomic E-state index is 12.7. The number of aromatic nitrogens is 4. The van der Waals surface area contributed by atoms with Crippen molar-refractivity contribution in [2.45, 2.75) is 0 Å². The number of carbonyl (C=O) groups is 1. The van der Waals surface area contributed by atoms with E-state index in [1.807, 2.05) is 42.5 Å². The zero-order chi connectivity index (χ0) is 24.9. The van der Waals surface area contributed by atoms with Crippen LogP contribution in [0.5, 0.6) is 0 Å². The molecule has 182 valence electrons. The lowest BCUT2D eigenvalue weighted by molar-refractivity contribution is 0.102. The van der Waals surface area contributed by atoms with Crippen molar-refractivity contribution in [3.05, 3.63) is 83.5 Å². The molecule has 0 atom stereocenters. The maximum Gasteiger partial charge on any atom is 0.255 e. The highest BCUT2D eigenvalue weighted by Gasteiger charge is 2.19. The van der Waals surface area contributed by atoms with Crippen LogP contribution in [0.4, 0.5) is 23.4 Å². The van der Waals surface area contributed by atoms with E-state index in [1.165, 1.54) is 0 Å². The van der Waals surface area contributed by atoms with Crippen molar-refractivity contribution < 1.29 is 4.79 Å². The summed E-state index contributed by atoms with van der Waals surface area (Å²) in [5.74, 6) is 1.67. The first kappa shape index (κ1) is 23.7. The van der Waals surface area contributed by atoms with Gasteiger partial charge in [0.1, 0.15) is 5.82 Å². The molecule has 3 heterocycles. The Kier molecular flexibility index (Phi) is 7.01. The van der Waals surface area contributed by atoms with Gasteiger partial charge in [-0.3, -0.25) is 4.79 Å². The molecule has 4 aromatic rings. The molecule has 36 heavy (non-hydrogen) atoms. The standard InChI is InChI=1S/C26H25ClN8O/c1-34-13-15-35(16-14-34)26-32-23(18-7-9-20(27)10-8-18)31-25(33-26)30-22-17-19(11-12-28-22)24(36)29-21-5-3-2-4-6-21/h2-12,17H,13-16H2,1H3,(H,29,36)(H,28,30,31,32,33). The third-order valence-electron chi connectivity index (χ3n) is 5.81. The van der Waals surface area contributed by atoms with E-state index in [2.05, 4.69) is 42.4 Å². The number of nitrogens with zero attached hydrogens (tertiary/aromatic N) is 6. The van der Waals surface area contributed by atoms with Crippen LogP contribution in [0.2, 0.25) is 5.02 Å². The van der Waals surface area contributed by atoms with Gasteiger partial charge in [0.2, 0.25) is 11.9 Å². The van der Waals surface area contributed by atoms with Crippen molar-refractivity contribution in [2.24, 2.45) is 0 Å². The number of hydrogen-bond donors (Lipinski definition) is 2. The zero-order valence-corrected chi connectivity index (χ0v) is 20.5. The largest absolute Gasteiger partial charge is 0.338 e. The number of likely N-dealkylation sites (N-methyl/N-ethyl adjacent to an activating group) is 1. The van der Waals surface area contributed by atoms with Crippen LogP contribution in [0.15, 0.2) is 72.9 Å². The molecule has 9 nitrogen and oxygen atoms in total. The van der Waals surface area contributed by atoms with Gasteiger partial charge < -0.3 is 20.4 Å². The number of hydrogen-bond acceptors (Lipinski definition) is 8. The number of amides is 1. The first-order chi connectivity index (χ1) is 17.5. The number of pyridine rings is 1. The Balaban J connectivity index is 1.42. The Bertz CT molecular complexity index is 1340. The minimum Gasteiger partial charge on any atom is -0.338 e. The number of nitrogens with one attached hydrogen (secondary N) is 2. The minimum absolute atomic E-state index is 0.234. The van der Waals surface area contributed by atoms with Crippen molar-refractivity contribution in [3.8, 4) is 11.4 Å². The first-order valence-electron chi connectivity index (χ1n) is 11.6. The highest BCUT2D eigenvalue weighted by atomic mass is 35.5. The van der Waals surface area contributed by atoms with Gasteiger partial charge in [0.05, 0.1) is 0 Å². The molecule has 0 bridgehead atoms. The molecule has 1 saturated heterocycles. The van der Waals surface area contributed by atoms with Gasteiger partial charge in [0.15, 0.2) is 5.82 Å². The smallest absolute Gasteiger partial charge is 0.255 e. The number of anilines is 4. The average Bonchev–Trinajstić information content (AvgIpc) is 2.90. The van der Waals surface area contributed by atoms with E-state index in [9.17, 15) is 4.79 Å². The Morgan fingerprint density at radius 1 is 0.917 bits per heavy atom. The fourth-order valence-corrected chi connectivity index (χ4v) is 3.90. The molecule has 0 unspecified atom stereocenters. The van der Waals surface area contributed by atoms with E-state index in [-0.39, 0.29) is 5.91 Å². The van der Waals surface area contributed by atoms with Gasteiger partial charge in [-0.1, -0.05) is 29.8 Å². The number of para-hydroxylation sites is 1. The monoisotopic (exact) mass is 500 g/mol. The molecule has 2 aromatic carbocycles. The van der Waals surface area contributed by atoms with Crippen LogP contribution in [0.1, 0.15) is 10.4 Å². The van der Waals surface area contributed by atoms with Crippen LogP contribution in [0.3, 0.4) is 0 Å². The number of piperazine rings is 1. The molecule has 2 N–H and O–H groups in total. The van der Waals surface area contributed by atoms with Gasteiger partial charge in [-0.2, -0.15) is 15.0 Å². The third kappa shape index (κ3) is 5.76. The van der Waals surface area contributed by atoms with Crippen LogP contribution in [0.25, 0.3) is 11.4 Å². The quantitative estimate of drug-likeness (QED) is 0.403. The molecule has 1 fully saturated rings. The molecule has 0 radical (unpaired) electrons. The Morgan fingerprint density at radius 2 is 1.67 bits per heavy atom. The van der Waals surface area contributed by atoms with Crippen LogP contribution in [-0.2, 0) is 0 Å². The molecule has 2 aromatic heterocycles. The molecule has 0 aliphatic carbocycles. The lowest BCUT2D eigenvalue weighted by Crippen LogP contribution is -2.45. The molecule has 10 heteroatoms. The summed E-state index contributed by atoms with van der Waals surface area (Å²) in [5, 5.41) is 6.68. The van der Waals surface area contributed by atoms with Gasteiger partial charge in [-0.05, 0) is 55.6 Å². The highest BCUT2D eigenvalue weighted by Crippen LogP contribution is 2.24. The number of carbonyl (C=O) groups excluding carboxylic acids is 1. The topological polar surface area (TPSA) is 99.2 Å². The molecule has 0 spiro atoms. The van der Waals surface area contributed by atoms with E-state index >= 15 is 0 Å². The molecular formula is C26H25ClN8O. The Hall–Kier alpha value is -4.08. The van der Waals surface area contributed by atoms with Gasteiger partial charge in [0, 0.05) is 54.2 Å². The Labute approximate surface area is 214 Å². The van der Waals surface area contributed by atoms with Gasteiger partial charge >= 0.3 is 0 Å². The summed E-state index contributed by atoms with van der Waals surface area (Å²) in [6.07, 6.45) is 1.57. The molecule has 1 aliphatic heterocycles. The van der Waals surface area contributed by atoms with Crippen molar-refractivity contribution in [3.63, 3.8) is 0 Å². The predicted octanol–water partition coefficient (Wildman–Crippen LogP) is 4.33. The normalized spacial score (nSPS) is 13.9. The summed E-state index contributed by atoms with van der Waals surface area (Å²) in [6, 6.07) is 20.0. The summed E-state index contributed by atoms with van der Waals surface area (Å²) in [4.78, 5) is 35.5. The molecule has 0 saturated carbocycles. The number of halogens is 1. The maximum atomic E-state index is 12.7. The van der Waals surface area contributed by atoms with Crippen molar-refractivity contribution in [1.29, 1.82) is 0 Å². The van der Waals surface area contributed by atoms with Crippen LogP contribution in [-0.4, -0.2) is 64.0 Å². The van der Waals surface area contributed by atoms with Crippen LogP contribution in [0, 0.1) is 0 Å². The first-order valence-corrected chi connectivity index (χ1v) is 12.0. The number of rotatable bonds is 6. The van der Waals surface area contributed by atoms with E-state index in [4.69, 9.17) is 16.6 Å². The highest BCUT2D eigenvalue weighted by molar-refractivity contribution is 6.30. The third-order valence-corrected chi connectivity index (χ3v) is 6.06. The zero-order valence-electron chi connectivity index (χ0n) is 19.7. The van der Waals surface area contributed by atoms with E-state index < -0.39 is 0 Å².